The van der Waals surface area contributed by atoms with Crippen molar-refractivity contribution in [2.75, 3.05) is 24.6 Å². The zero-order valence-electron chi connectivity index (χ0n) is 10.9. The Bertz CT molecular complexity index is 557. The van der Waals surface area contributed by atoms with Crippen molar-refractivity contribution in [2.24, 2.45) is 0 Å². The van der Waals surface area contributed by atoms with Crippen LogP contribution in [-0.2, 0) is 4.74 Å². The van der Waals surface area contributed by atoms with E-state index in [2.05, 4.69) is 4.98 Å². The summed E-state index contributed by atoms with van der Waals surface area (Å²) >= 11 is 0. The van der Waals surface area contributed by atoms with Gasteiger partial charge in [-0.2, -0.15) is 5.26 Å². The number of aliphatic hydroxyl groups is 1. The lowest BCUT2D eigenvalue weighted by molar-refractivity contribution is -0.384. The van der Waals surface area contributed by atoms with Crippen LogP contribution >= 0.6 is 0 Å². The fraction of sp³-hybridized carbons (Fsp3) is 0.500. The first kappa shape index (κ1) is 14.2. The zero-order valence-corrected chi connectivity index (χ0v) is 10.9. The Balaban J connectivity index is 2.36. The number of ether oxygens (including phenoxy) is 1. The summed E-state index contributed by atoms with van der Waals surface area (Å²) in [5.41, 5.74) is -0.0738. The largest absolute Gasteiger partial charge is 0.394 e. The maximum Gasteiger partial charge on any atom is 0.312 e. The van der Waals surface area contributed by atoms with Crippen LogP contribution in [0.2, 0.25) is 0 Å². The number of nitro groups is 1. The molecule has 2 rings (SSSR count). The number of hydrogen-bond donors (Lipinski definition) is 1. The lowest BCUT2D eigenvalue weighted by Crippen LogP contribution is -2.48. The molecule has 2 unspecified atom stereocenters. The van der Waals surface area contributed by atoms with Gasteiger partial charge < -0.3 is 14.7 Å². The molecule has 0 spiro atoms. The summed E-state index contributed by atoms with van der Waals surface area (Å²) in [6.07, 6.45) is 0.727. The molecule has 2 heterocycles. The molecular formula is C12H14N4O4. The fourth-order valence-electron chi connectivity index (χ4n) is 2.20. The molecule has 1 N–H and O–H groups in total. The van der Waals surface area contributed by atoms with Crippen LogP contribution in [0.25, 0.3) is 0 Å². The van der Waals surface area contributed by atoms with Gasteiger partial charge in [0.2, 0.25) is 5.82 Å². The van der Waals surface area contributed by atoms with Gasteiger partial charge >= 0.3 is 5.69 Å². The first-order valence-electron chi connectivity index (χ1n) is 6.11. The number of morpholine rings is 1. The predicted octanol–water partition coefficient (Wildman–Crippen LogP) is 0.447. The van der Waals surface area contributed by atoms with Gasteiger partial charge in [0.15, 0.2) is 0 Å². The average Bonchev–Trinajstić information content (AvgIpc) is 2.45. The summed E-state index contributed by atoms with van der Waals surface area (Å²) in [5, 5.41) is 29.1. The highest BCUT2D eigenvalue weighted by molar-refractivity contribution is 5.60. The van der Waals surface area contributed by atoms with Gasteiger partial charge in [-0.15, -0.1) is 0 Å². The molecular weight excluding hydrogens is 264 g/mol. The van der Waals surface area contributed by atoms with Crippen molar-refractivity contribution in [3.63, 3.8) is 0 Å². The summed E-state index contributed by atoms with van der Waals surface area (Å²) in [6, 6.07) is 3.04. The molecule has 1 aliphatic heterocycles. The van der Waals surface area contributed by atoms with E-state index in [-0.39, 0.29) is 29.8 Å². The second kappa shape index (κ2) is 5.81. The summed E-state index contributed by atoms with van der Waals surface area (Å²) in [7, 11) is 0. The highest BCUT2D eigenvalue weighted by atomic mass is 16.6. The Kier molecular flexibility index (Phi) is 4.12. The molecule has 0 aromatic carbocycles. The van der Waals surface area contributed by atoms with Crippen molar-refractivity contribution in [3.05, 3.63) is 27.9 Å². The second-order valence-corrected chi connectivity index (χ2v) is 4.59. The van der Waals surface area contributed by atoms with Gasteiger partial charge in [0.1, 0.15) is 6.07 Å². The lowest BCUT2D eigenvalue weighted by atomic mass is 10.2. The van der Waals surface area contributed by atoms with Gasteiger partial charge in [0.05, 0.1) is 29.3 Å². The van der Waals surface area contributed by atoms with Crippen molar-refractivity contribution < 1.29 is 14.8 Å². The van der Waals surface area contributed by atoms with Crippen LogP contribution in [-0.4, -0.2) is 46.9 Å². The lowest BCUT2D eigenvalue weighted by Gasteiger charge is -2.36. The SMILES string of the molecule is CC1CN(c2ncc(C#N)cc2[N+](=O)[O-])CC(CO)O1. The number of aliphatic hydroxyl groups excluding tert-OH is 1. The maximum atomic E-state index is 11.1. The van der Waals surface area contributed by atoms with E-state index in [0.717, 1.165) is 0 Å². The Labute approximate surface area is 115 Å². The molecule has 0 aliphatic carbocycles. The Hall–Kier alpha value is -2.24. The third-order valence-electron chi connectivity index (χ3n) is 3.00. The van der Waals surface area contributed by atoms with Gasteiger partial charge in [-0.1, -0.05) is 0 Å². The van der Waals surface area contributed by atoms with E-state index in [0.29, 0.717) is 13.1 Å². The molecule has 0 radical (unpaired) electrons. The van der Waals surface area contributed by atoms with E-state index >= 15 is 0 Å². The third-order valence-corrected chi connectivity index (χ3v) is 3.00. The second-order valence-electron chi connectivity index (χ2n) is 4.59. The molecule has 0 amide bonds. The molecule has 1 aromatic heterocycles. The Morgan fingerprint density at radius 3 is 3.05 bits per heavy atom. The fourth-order valence-corrected chi connectivity index (χ4v) is 2.20. The average molecular weight is 278 g/mol. The van der Waals surface area contributed by atoms with E-state index in [1.165, 1.54) is 12.3 Å². The van der Waals surface area contributed by atoms with Crippen molar-refractivity contribution in [2.45, 2.75) is 19.1 Å². The summed E-state index contributed by atoms with van der Waals surface area (Å²) in [5.74, 6) is 0.197. The van der Waals surface area contributed by atoms with E-state index in [9.17, 15) is 15.2 Å². The molecule has 0 saturated carbocycles. The number of nitriles is 1. The molecule has 8 heteroatoms. The summed E-state index contributed by atoms with van der Waals surface area (Å²) in [4.78, 5) is 16.3. The topological polar surface area (TPSA) is 113 Å². The molecule has 1 aliphatic rings. The van der Waals surface area contributed by atoms with Crippen molar-refractivity contribution in [1.82, 2.24) is 4.98 Å². The van der Waals surface area contributed by atoms with Gasteiger partial charge in [0.25, 0.3) is 0 Å². The number of pyridine rings is 1. The number of hydrogen-bond acceptors (Lipinski definition) is 7. The van der Waals surface area contributed by atoms with Gasteiger partial charge in [0, 0.05) is 25.4 Å². The minimum atomic E-state index is -0.558. The molecule has 1 fully saturated rings. The molecule has 1 saturated heterocycles. The monoisotopic (exact) mass is 278 g/mol. The number of rotatable bonds is 3. The van der Waals surface area contributed by atoms with Crippen LogP contribution in [0, 0.1) is 21.4 Å². The van der Waals surface area contributed by atoms with E-state index in [1.54, 1.807) is 4.90 Å². The molecule has 106 valence electrons. The molecule has 20 heavy (non-hydrogen) atoms. The first-order chi connectivity index (χ1) is 9.55. The summed E-state index contributed by atoms with van der Waals surface area (Å²) < 4.78 is 5.49. The van der Waals surface area contributed by atoms with Crippen LogP contribution in [0.1, 0.15) is 12.5 Å². The molecule has 2 atom stereocenters. The third kappa shape index (κ3) is 2.84. The first-order valence-corrected chi connectivity index (χ1v) is 6.11. The van der Waals surface area contributed by atoms with E-state index in [1.807, 2.05) is 13.0 Å². The Morgan fingerprint density at radius 1 is 1.70 bits per heavy atom. The predicted molar refractivity (Wildman–Crippen MR) is 69.2 cm³/mol. The highest BCUT2D eigenvalue weighted by Crippen LogP contribution is 2.28. The number of anilines is 1. The number of aromatic nitrogens is 1. The normalized spacial score (nSPS) is 22.4. The van der Waals surface area contributed by atoms with Crippen molar-refractivity contribution >= 4 is 11.5 Å². The maximum absolute atomic E-state index is 11.1. The molecule has 8 nitrogen and oxygen atoms in total. The minimum Gasteiger partial charge on any atom is -0.394 e. The van der Waals surface area contributed by atoms with E-state index in [4.69, 9.17) is 10.00 Å². The highest BCUT2D eigenvalue weighted by Gasteiger charge is 2.30. The standard InChI is InChI=1S/C12H14N4O4/c1-8-5-15(6-10(7-17)20-8)12-11(16(18)19)2-9(3-13)4-14-12/h2,4,8,10,17H,5-7H2,1H3. The van der Waals surface area contributed by atoms with Gasteiger partial charge in [-0.25, -0.2) is 4.98 Å². The van der Waals surface area contributed by atoms with Gasteiger partial charge in [-0.3, -0.25) is 10.1 Å². The van der Waals surface area contributed by atoms with Gasteiger partial charge in [-0.05, 0) is 6.92 Å². The molecule has 0 bridgehead atoms. The van der Waals surface area contributed by atoms with E-state index < -0.39 is 11.0 Å². The van der Waals surface area contributed by atoms with Crippen LogP contribution in [0.3, 0.4) is 0 Å². The zero-order chi connectivity index (χ0) is 14.7. The number of nitrogens with zero attached hydrogens (tertiary/aromatic N) is 4. The van der Waals surface area contributed by atoms with Crippen LogP contribution < -0.4 is 4.90 Å². The summed E-state index contributed by atoms with van der Waals surface area (Å²) in [6.45, 7) is 2.42. The van der Waals surface area contributed by atoms with Crippen molar-refractivity contribution in [1.29, 1.82) is 5.26 Å². The smallest absolute Gasteiger partial charge is 0.312 e. The van der Waals surface area contributed by atoms with Crippen LogP contribution in [0.5, 0.6) is 0 Å². The Morgan fingerprint density at radius 2 is 2.45 bits per heavy atom. The van der Waals surface area contributed by atoms with Crippen LogP contribution in [0.15, 0.2) is 12.3 Å². The minimum absolute atomic E-state index is 0.139. The van der Waals surface area contributed by atoms with Crippen LogP contribution in [0.4, 0.5) is 11.5 Å². The van der Waals surface area contributed by atoms with Crippen molar-refractivity contribution in [3.8, 4) is 6.07 Å². The quantitative estimate of drug-likeness (QED) is 0.630. The molecule has 1 aromatic rings.